The van der Waals surface area contributed by atoms with Gasteiger partial charge in [0, 0.05) is 18.5 Å². The minimum Gasteiger partial charge on any atom is -0.466 e. The number of hydrogen-bond acceptors (Lipinski definition) is 5. The molecule has 2 heterocycles. The quantitative estimate of drug-likeness (QED) is 0.878. The third kappa shape index (κ3) is 2.24. The van der Waals surface area contributed by atoms with E-state index in [1.807, 2.05) is 27.8 Å². The molecule has 2 rings (SSSR count). The van der Waals surface area contributed by atoms with Crippen molar-refractivity contribution in [3.05, 3.63) is 22.9 Å². The molecule has 1 N–H and O–H groups in total. The number of aryl methyl sites for hydroxylation is 2. The number of likely N-dealkylation sites (N-methyl/N-ethyl adjacent to an activating group) is 1. The van der Waals surface area contributed by atoms with Crippen molar-refractivity contribution in [3.8, 4) is 11.5 Å². The first-order valence-corrected chi connectivity index (χ1v) is 5.67. The monoisotopic (exact) mass is 235 g/mol. The van der Waals surface area contributed by atoms with Crippen molar-refractivity contribution in [2.75, 3.05) is 13.6 Å². The standard InChI is InChI=1S/C12H17N3O2/c1-7-8(2)16-9(3)11(7)12-14-10(15-17-12)5-6-13-4/h13H,5-6H2,1-4H3. The topological polar surface area (TPSA) is 64.1 Å². The molecule has 0 saturated heterocycles. The molecule has 0 unspecified atom stereocenters. The van der Waals surface area contributed by atoms with Gasteiger partial charge in [-0.05, 0) is 27.8 Å². The molecule has 0 spiro atoms. The summed E-state index contributed by atoms with van der Waals surface area (Å²) in [6.45, 7) is 6.68. The van der Waals surface area contributed by atoms with E-state index in [4.69, 9.17) is 8.94 Å². The van der Waals surface area contributed by atoms with Crippen LogP contribution >= 0.6 is 0 Å². The van der Waals surface area contributed by atoms with E-state index in [1.165, 1.54) is 0 Å². The normalized spacial score (nSPS) is 11.1. The lowest BCUT2D eigenvalue weighted by atomic mass is 10.1. The zero-order valence-electron chi connectivity index (χ0n) is 10.6. The van der Waals surface area contributed by atoms with Gasteiger partial charge in [0.05, 0.1) is 5.56 Å². The van der Waals surface area contributed by atoms with Crippen LogP contribution in [-0.2, 0) is 6.42 Å². The summed E-state index contributed by atoms with van der Waals surface area (Å²) in [5.41, 5.74) is 1.98. The largest absolute Gasteiger partial charge is 0.466 e. The molecule has 17 heavy (non-hydrogen) atoms. The maximum atomic E-state index is 5.55. The van der Waals surface area contributed by atoms with Crippen LogP contribution in [0.1, 0.15) is 22.9 Å². The Kier molecular flexibility index (Phi) is 3.28. The minimum absolute atomic E-state index is 0.544. The summed E-state index contributed by atoms with van der Waals surface area (Å²) >= 11 is 0. The van der Waals surface area contributed by atoms with E-state index in [0.29, 0.717) is 11.7 Å². The molecule has 0 aliphatic heterocycles. The molecule has 92 valence electrons. The van der Waals surface area contributed by atoms with Crippen LogP contribution in [0.2, 0.25) is 0 Å². The highest BCUT2D eigenvalue weighted by molar-refractivity contribution is 5.61. The summed E-state index contributed by atoms with van der Waals surface area (Å²) in [7, 11) is 1.90. The van der Waals surface area contributed by atoms with E-state index in [0.717, 1.165) is 35.6 Å². The van der Waals surface area contributed by atoms with E-state index in [-0.39, 0.29) is 0 Å². The predicted octanol–water partition coefficient (Wildman–Crippen LogP) is 2.02. The Morgan fingerprint density at radius 2 is 1.94 bits per heavy atom. The number of nitrogens with one attached hydrogen (secondary N) is 1. The Morgan fingerprint density at radius 1 is 1.18 bits per heavy atom. The van der Waals surface area contributed by atoms with Crippen molar-refractivity contribution in [2.45, 2.75) is 27.2 Å². The van der Waals surface area contributed by atoms with Gasteiger partial charge in [-0.3, -0.25) is 0 Å². The first-order valence-electron chi connectivity index (χ1n) is 5.67. The average Bonchev–Trinajstić information content (AvgIpc) is 2.83. The molecule has 0 fully saturated rings. The zero-order valence-corrected chi connectivity index (χ0v) is 10.6. The lowest BCUT2D eigenvalue weighted by Gasteiger charge is -1.92. The summed E-state index contributed by atoms with van der Waals surface area (Å²) in [5.74, 6) is 2.98. The maximum absolute atomic E-state index is 5.55. The molecular formula is C12H17N3O2. The second-order valence-corrected chi connectivity index (χ2v) is 4.08. The zero-order chi connectivity index (χ0) is 12.4. The van der Waals surface area contributed by atoms with Crippen LogP contribution in [0.5, 0.6) is 0 Å². The van der Waals surface area contributed by atoms with Crippen molar-refractivity contribution in [1.82, 2.24) is 15.5 Å². The molecule has 2 aromatic heterocycles. The molecule has 5 nitrogen and oxygen atoms in total. The van der Waals surface area contributed by atoms with E-state index >= 15 is 0 Å². The second-order valence-electron chi connectivity index (χ2n) is 4.08. The fourth-order valence-electron chi connectivity index (χ4n) is 1.80. The van der Waals surface area contributed by atoms with Gasteiger partial charge in [-0.1, -0.05) is 5.16 Å². The van der Waals surface area contributed by atoms with Crippen LogP contribution in [0.3, 0.4) is 0 Å². The highest BCUT2D eigenvalue weighted by Crippen LogP contribution is 2.30. The van der Waals surface area contributed by atoms with Crippen LogP contribution in [-0.4, -0.2) is 23.7 Å². The number of hydrogen-bond donors (Lipinski definition) is 1. The smallest absolute Gasteiger partial charge is 0.261 e. The van der Waals surface area contributed by atoms with Gasteiger partial charge in [0.1, 0.15) is 11.5 Å². The molecule has 0 radical (unpaired) electrons. The van der Waals surface area contributed by atoms with E-state index in [1.54, 1.807) is 0 Å². The van der Waals surface area contributed by atoms with Crippen LogP contribution in [0.25, 0.3) is 11.5 Å². The molecule has 0 saturated carbocycles. The van der Waals surface area contributed by atoms with Crippen LogP contribution in [0.15, 0.2) is 8.94 Å². The molecule has 0 atom stereocenters. The van der Waals surface area contributed by atoms with E-state index in [9.17, 15) is 0 Å². The summed E-state index contributed by atoms with van der Waals surface area (Å²) in [6, 6.07) is 0. The summed E-state index contributed by atoms with van der Waals surface area (Å²) in [5, 5.41) is 7.01. The van der Waals surface area contributed by atoms with Gasteiger partial charge in [-0.15, -0.1) is 0 Å². The molecular weight excluding hydrogens is 218 g/mol. The highest BCUT2D eigenvalue weighted by Gasteiger charge is 2.18. The minimum atomic E-state index is 0.544. The Labute approximate surface area is 100 Å². The van der Waals surface area contributed by atoms with Crippen molar-refractivity contribution < 1.29 is 8.94 Å². The van der Waals surface area contributed by atoms with Gasteiger partial charge in [0.25, 0.3) is 5.89 Å². The Balaban J connectivity index is 2.30. The molecule has 5 heteroatoms. The number of aromatic nitrogens is 2. The average molecular weight is 235 g/mol. The molecule has 2 aromatic rings. The molecule has 0 amide bonds. The van der Waals surface area contributed by atoms with Crippen molar-refractivity contribution in [3.63, 3.8) is 0 Å². The number of rotatable bonds is 4. The van der Waals surface area contributed by atoms with Gasteiger partial charge in [0.2, 0.25) is 0 Å². The van der Waals surface area contributed by atoms with E-state index < -0.39 is 0 Å². The second kappa shape index (κ2) is 4.71. The lowest BCUT2D eigenvalue weighted by molar-refractivity contribution is 0.420. The third-order valence-electron chi connectivity index (χ3n) is 2.84. The van der Waals surface area contributed by atoms with Crippen LogP contribution < -0.4 is 5.32 Å². The summed E-state index contributed by atoms with van der Waals surface area (Å²) < 4.78 is 10.8. The lowest BCUT2D eigenvalue weighted by Crippen LogP contribution is -2.11. The molecule has 0 aromatic carbocycles. The Hall–Kier alpha value is -1.62. The number of nitrogens with zero attached hydrogens (tertiary/aromatic N) is 2. The number of furan rings is 1. The summed E-state index contributed by atoms with van der Waals surface area (Å²) in [4.78, 5) is 4.38. The fraction of sp³-hybridized carbons (Fsp3) is 0.500. The first kappa shape index (κ1) is 11.9. The fourth-order valence-corrected chi connectivity index (χ4v) is 1.80. The Bertz CT molecular complexity index is 514. The van der Waals surface area contributed by atoms with Gasteiger partial charge in [-0.25, -0.2) is 0 Å². The van der Waals surface area contributed by atoms with Crippen LogP contribution in [0.4, 0.5) is 0 Å². The van der Waals surface area contributed by atoms with Crippen molar-refractivity contribution in [1.29, 1.82) is 0 Å². The van der Waals surface area contributed by atoms with Gasteiger partial charge in [0.15, 0.2) is 5.82 Å². The van der Waals surface area contributed by atoms with Gasteiger partial charge >= 0.3 is 0 Å². The third-order valence-corrected chi connectivity index (χ3v) is 2.84. The van der Waals surface area contributed by atoms with E-state index in [2.05, 4.69) is 15.5 Å². The van der Waals surface area contributed by atoms with Crippen LogP contribution in [0, 0.1) is 20.8 Å². The van der Waals surface area contributed by atoms with Crippen molar-refractivity contribution in [2.24, 2.45) is 0 Å². The maximum Gasteiger partial charge on any atom is 0.261 e. The molecule has 0 bridgehead atoms. The van der Waals surface area contributed by atoms with Gasteiger partial charge in [-0.2, -0.15) is 4.98 Å². The highest BCUT2D eigenvalue weighted by atomic mass is 16.5. The van der Waals surface area contributed by atoms with Crippen molar-refractivity contribution >= 4 is 0 Å². The SMILES string of the molecule is CNCCc1noc(-c2c(C)oc(C)c2C)n1. The molecule has 0 aliphatic rings. The Morgan fingerprint density at radius 3 is 2.53 bits per heavy atom. The molecule has 0 aliphatic carbocycles. The first-order chi connectivity index (χ1) is 8.13. The summed E-state index contributed by atoms with van der Waals surface area (Å²) in [6.07, 6.45) is 0.759. The predicted molar refractivity (Wildman–Crippen MR) is 63.8 cm³/mol. The van der Waals surface area contributed by atoms with Gasteiger partial charge < -0.3 is 14.3 Å².